The Morgan fingerprint density at radius 3 is 2.95 bits per heavy atom. The topological polar surface area (TPSA) is 53.1 Å². The van der Waals surface area contributed by atoms with Gasteiger partial charge in [0.1, 0.15) is 17.7 Å². The molecule has 0 spiro atoms. The molecule has 0 bridgehead atoms. The minimum absolute atomic E-state index is 0.0193. The second kappa shape index (κ2) is 4.26. The minimum Gasteiger partial charge on any atom is -0.488 e. The smallest absolute Gasteiger partial charge is 0.123 e. The van der Waals surface area contributed by atoms with E-state index in [0.29, 0.717) is 13.0 Å². The van der Waals surface area contributed by atoms with E-state index in [1.54, 1.807) is 6.07 Å². The Balaban J connectivity index is 1.78. The standard InChI is InChI=1S/C14H16FN3O/c1-8-14(16)9(2)18(17-8)7-12-6-10-5-11(15)3-4-13(10)19-12/h3-5,12H,6-7,16H2,1-2H3. The SMILES string of the molecule is Cc1nn(CC2Cc3cc(F)ccc3O2)c(C)c1N. The van der Waals surface area contributed by atoms with Gasteiger partial charge >= 0.3 is 0 Å². The summed E-state index contributed by atoms with van der Waals surface area (Å²) >= 11 is 0. The summed E-state index contributed by atoms with van der Waals surface area (Å²) in [5, 5.41) is 4.39. The Hall–Kier alpha value is -2.04. The van der Waals surface area contributed by atoms with Gasteiger partial charge < -0.3 is 10.5 Å². The van der Waals surface area contributed by atoms with E-state index in [1.807, 2.05) is 18.5 Å². The molecule has 5 heteroatoms. The number of nitrogens with zero attached hydrogens (tertiary/aromatic N) is 2. The van der Waals surface area contributed by atoms with Crippen molar-refractivity contribution in [3.63, 3.8) is 0 Å². The molecule has 0 fully saturated rings. The molecule has 1 atom stereocenters. The molecule has 2 aromatic rings. The molecule has 1 aromatic heterocycles. The summed E-state index contributed by atoms with van der Waals surface area (Å²) in [5.74, 6) is 0.541. The fourth-order valence-corrected chi connectivity index (χ4v) is 2.47. The first kappa shape index (κ1) is 12.0. The predicted octanol–water partition coefficient (Wildman–Crippen LogP) is 2.22. The normalized spacial score (nSPS) is 17.3. The van der Waals surface area contributed by atoms with Crippen LogP contribution < -0.4 is 10.5 Å². The Kier molecular flexibility index (Phi) is 2.69. The minimum atomic E-state index is -0.224. The Labute approximate surface area is 111 Å². The third-order valence-corrected chi connectivity index (χ3v) is 3.58. The van der Waals surface area contributed by atoms with Crippen LogP contribution in [0.1, 0.15) is 17.0 Å². The molecule has 1 unspecified atom stereocenters. The van der Waals surface area contributed by atoms with Crippen molar-refractivity contribution >= 4 is 5.69 Å². The van der Waals surface area contributed by atoms with Gasteiger partial charge in [-0.2, -0.15) is 5.10 Å². The van der Waals surface area contributed by atoms with Crippen molar-refractivity contribution < 1.29 is 9.13 Å². The first-order chi connectivity index (χ1) is 9.04. The van der Waals surface area contributed by atoms with Crippen LogP contribution in [0.15, 0.2) is 18.2 Å². The highest BCUT2D eigenvalue weighted by molar-refractivity contribution is 5.47. The first-order valence-electron chi connectivity index (χ1n) is 6.29. The van der Waals surface area contributed by atoms with Gasteiger partial charge in [0.2, 0.25) is 0 Å². The second-order valence-corrected chi connectivity index (χ2v) is 4.96. The van der Waals surface area contributed by atoms with Gasteiger partial charge in [0, 0.05) is 12.0 Å². The van der Waals surface area contributed by atoms with E-state index < -0.39 is 0 Å². The summed E-state index contributed by atoms with van der Waals surface area (Å²) in [7, 11) is 0. The van der Waals surface area contributed by atoms with Crippen LogP contribution >= 0.6 is 0 Å². The molecule has 100 valence electrons. The lowest BCUT2D eigenvalue weighted by atomic mass is 10.1. The van der Waals surface area contributed by atoms with Crippen molar-refractivity contribution in [2.24, 2.45) is 0 Å². The maximum Gasteiger partial charge on any atom is 0.123 e. The van der Waals surface area contributed by atoms with Crippen LogP contribution in [0.3, 0.4) is 0 Å². The van der Waals surface area contributed by atoms with Crippen molar-refractivity contribution in [2.75, 3.05) is 5.73 Å². The molecule has 0 saturated heterocycles. The van der Waals surface area contributed by atoms with Crippen molar-refractivity contribution in [1.82, 2.24) is 9.78 Å². The van der Waals surface area contributed by atoms with E-state index in [4.69, 9.17) is 10.5 Å². The van der Waals surface area contributed by atoms with Crippen LogP contribution in [0.4, 0.5) is 10.1 Å². The highest BCUT2D eigenvalue weighted by Crippen LogP contribution is 2.30. The molecule has 19 heavy (non-hydrogen) atoms. The molecule has 1 aliphatic heterocycles. The molecule has 0 saturated carbocycles. The Morgan fingerprint density at radius 2 is 2.26 bits per heavy atom. The Bertz CT molecular complexity index is 636. The molecule has 1 aromatic carbocycles. The maximum absolute atomic E-state index is 13.1. The quantitative estimate of drug-likeness (QED) is 0.902. The molecule has 2 heterocycles. The van der Waals surface area contributed by atoms with E-state index in [2.05, 4.69) is 5.10 Å². The molecule has 0 amide bonds. The van der Waals surface area contributed by atoms with Gasteiger partial charge in [-0.1, -0.05) is 0 Å². The highest BCUT2D eigenvalue weighted by atomic mass is 19.1. The van der Waals surface area contributed by atoms with Gasteiger partial charge in [-0.3, -0.25) is 4.68 Å². The summed E-state index contributed by atoms with van der Waals surface area (Å²) in [6.45, 7) is 4.45. The van der Waals surface area contributed by atoms with E-state index in [0.717, 1.165) is 28.4 Å². The van der Waals surface area contributed by atoms with Gasteiger partial charge in [0.05, 0.1) is 23.6 Å². The van der Waals surface area contributed by atoms with Gasteiger partial charge in [0.25, 0.3) is 0 Å². The van der Waals surface area contributed by atoms with Gasteiger partial charge in [0.15, 0.2) is 0 Å². The molecule has 1 aliphatic rings. The number of rotatable bonds is 2. The Morgan fingerprint density at radius 1 is 1.47 bits per heavy atom. The molecule has 0 radical (unpaired) electrons. The van der Waals surface area contributed by atoms with Crippen LogP contribution in [0.5, 0.6) is 5.75 Å². The average Bonchev–Trinajstić information content (AvgIpc) is 2.86. The van der Waals surface area contributed by atoms with Crippen molar-refractivity contribution in [1.29, 1.82) is 0 Å². The van der Waals surface area contributed by atoms with Crippen molar-refractivity contribution in [2.45, 2.75) is 32.9 Å². The van der Waals surface area contributed by atoms with E-state index in [9.17, 15) is 4.39 Å². The number of nitrogen functional groups attached to an aromatic ring is 1. The molecule has 2 N–H and O–H groups in total. The number of aryl methyl sites for hydroxylation is 1. The van der Waals surface area contributed by atoms with Gasteiger partial charge in [-0.25, -0.2) is 4.39 Å². The molecule has 4 nitrogen and oxygen atoms in total. The van der Waals surface area contributed by atoms with Gasteiger partial charge in [-0.15, -0.1) is 0 Å². The zero-order valence-electron chi connectivity index (χ0n) is 11.0. The van der Waals surface area contributed by atoms with Crippen LogP contribution in [-0.2, 0) is 13.0 Å². The number of halogens is 1. The van der Waals surface area contributed by atoms with Crippen molar-refractivity contribution in [3.05, 3.63) is 41.0 Å². The lowest BCUT2D eigenvalue weighted by molar-refractivity contribution is 0.202. The number of anilines is 1. The fourth-order valence-electron chi connectivity index (χ4n) is 2.47. The second-order valence-electron chi connectivity index (χ2n) is 4.96. The lowest BCUT2D eigenvalue weighted by Gasteiger charge is -2.12. The summed E-state index contributed by atoms with van der Waals surface area (Å²) in [4.78, 5) is 0. The number of nitrogens with two attached hydrogens (primary N) is 1. The molecular formula is C14H16FN3O. The number of aromatic nitrogens is 2. The summed E-state index contributed by atoms with van der Waals surface area (Å²) in [6, 6.07) is 4.63. The zero-order valence-corrected chi connectivity index (χ0v) is 11.0. The lowest BCUT2D eigenvalue weighted by Crippen LogP contribution is -2.22. The molecule has 3 rings (SSSR count). The van der Waals surface area contributed by atoms with Crippen LogP contribution in [0.2, 0.25) is 0 Å². The molecular weight excluding hydrogens is 245 g/mol. The first-order valence-corrected chi connectivity index (χ1v) is 6.29. The largest absolute Gasteiger partial charge is 0.488 e. The maximum atomic E-state index is 13.1. The predicted molar refractivity (Wildman–Crippen MR) is 70.6 cm³/mol. The summed E-state index contributed by atoms with van der Waals surface area (Å²) in [6.07, 6.45) is 0.680. The number of hydrogen-bond acceptors (Lipinski definition) is 3. The van der Waals surface area contributed by atoms with Crippen LogP contribution in [-0.4, -0.2) is 15.9 Å². The van der Waals surface area contributed by atoms with E-state index in [-0.39, 0.29) is 11.9 Å². The number of fused-ring (bicyclic) bond motifs is 1. The number of benzene rings is 1. The van der Waals surface area contributed by atoms with Crippen molar-refractivity contribution in [3.8, 4) is 5.75 Å². The number of ether oxygens (including phenoxy) is 1. The van der Waals surface area contributed by atoms with Crippen LogP contribution in [0.25, 0.3) is 0 Å². The third kappa shape index (κ3) is 2.05. The third-order valence-electron chi connectivity index (χ3n) is 3.58. The highest BCUT2D eigenvalue weighted by Gasteiger charge is 2.24. The van der Waals surface area contributed by atoms with E-state index >= 15 is 0 Å². The van der Waals surface area contributed by atoms with E-state index in [1.165, 1.54) is 12.1 Å². The average molecular weight is 261 g/mol. The van der Waals surface area contributed by atoms with Gasteiger partial charge in [-0.05, 0) is 32.0 Å². The fraction of sp³-hybridized carbons (Fsp3) is 0.357. The zero-order chi connectivity index (χ0) is 13.6. The summed E-state index contributed by atoms with van der Waals surface area (Å²) in [5.41, 5.74) is 9.33. The number of hydrogen-bond donors (Lipinski definition) is 1. The summed E-state index contributed by atoms with van der Waals surface area (Å²) < 4.78 is 20.8. The monoisotopic (exact) mass is 261 g/mol. The molecule has 0 aliphatic carbocycles. The van der Waals surface area contributed by atoms with Crippen LogP contribution in [0, 0.1) is 19.7 Å².